The number of rotatable bonds is 4. The highest BCUT2D eigenvalue weighted by molar-refractivity contribution is 6.32. The van der Waals surface area contributed by atoms with Gasteiger partial charge in [0.05, 0.1) is 5.69 Å². The standard InChI is InChI=1S/C23H17ClN2O/c1-16-11-12-22-21(14-16)26-23(27-22)18-7-4-9-19(15-18)25-13-5-8-17-6-2-3-10-20(17)24/h2-15H,1H3/b8-5+,25-13?. The largest absolute Gasteiger partial charge is 0.436 e. The normalized spacial score (nSPS) is 11.8. The number of benzene rings is 3. The molecule has 0 radical (unpaired) electrons. The van der Waals surface area contributed by atoms with Crippen LogP contribution in [0.15, 0.2) is 82.2 Å². The molecule has 0 bridgehead atoms. The second-order valence-electron chi connectivity index (χ2n) is 6.20. The first-order chi connectivity index (χ1) is 13.2. The van der Waals surface area contributed by atoms with E-state index in [1.165, 1.54) is 0 Å². The molecule has 132 valence electrons. The molecule has 4 aromatic rings. The molecule has 27 heavy (non-hydrogen) atoms. The summed E-state index contributed by atoms with van der Waals surface area (Å²) in [6.45, 7) is 2.04. The molecular formula is C23H17ClN2O. The molecule has 0 atom stereocenters. The van der Waals surface area contributed by atoms with E-state index < -0.39 is 0 Å². The molecule has 0 unspecified atom stereocenters. The fraction of sp³-hybridized carbons (Fsp3) is 0.0435. The van der Waals surface area contributed by atoms with Gasteiger partial charge in [-0.2, -0.15) is 0 Å². The van der Waals surface area contributed by atoms with Crippen LogP contribution in [0, 0.1) is 6.92 Å². The van der Waals surface area contributed by atoms with Crippen LogP contribution in [-0.2, 0) is 0 Å². The summed E-state index contributed by atoms with van der Waals surface area (Å²) in [7, 11) is 0. The Morgan fingerprint density at radius 1 is 1.00 bits per heavy atom. The Balaban J connectivity index is 1.56. The van der Waals surface area contributed by atoms with Crippen LogP contribution < -0.4 is 0 Å². The highest BCUT2D eigenvalue weighted by Crippen LogP contribution is 2.27. The number of aromatic nitrogens is 1. The van der Waals surface area contributed by atoms with E-state index in [1.807, 2.05) is 85.8 Å². The van der Waals surface area contributed by atoms with Gasteiger partial charge < -0.3 is 4.42 Å². The topological polar surface area (TPSA) is 38.4 Å². The predicted molar refractivity (Wildman–Crippen MR) is 113 cm³/mol. The average Bonchev–Trinajstić information content (AvgIpc) is 3.10. The first-order valence-corrected chi connectivity index (χ1v) is 9.00. The lowest BCUT2D eigenvalue weighted by molar-refractivity contribution is 0.620. The minimum absolute atomic E-state index is 0.597. The van der Waals surface area contributed by atoms with E-state index in [1.54, 1.807) is 6.21 Å². The van der Waals surface area contributed by atoms with Gasteiger partial charge in [-0.1, -0.05) is 48.0 Å². The van der Waals surface area contributed by atoms with Crippen LogP contribution >= 0.6 is 11.6 Å². The molecule has 0 amide bonds. The lowest BCUT2D eigenvalue weighted by Crippen LogP contribution is -1.77. The summed E-state index contributed by atoms with van der Waals surface area (Å²) in [6, 6.07) is 21.5. The summed E-state index contributed by atoms with van der Waals surface area (Å²) >= 11 is 6.14. The SMILES string of the molecule is Cc1ccc2oc(-c3cccc(N=C/C=C/c4ccccc4Cl)c3)nc2c1. The third kappa shape index (κ3) is 3.99. The molecule has 0 aliphatic rings. The minimum atomic E-state index is 0.597. The van der Waals surface area contributed by atoms with Gasteiger partial charge in [0.1, 0.15) is 5.52 Å². The first kappa shape index (κ1) is 17.3. The molecule has 0 aliphatic heterocycles. The molecule has 0 fully saturated rings. The Bertz CT molecular complexity index is 1160. The Morgan fingerprint density at radius 3 is 2.78 bits per heavy atom. The van der Waals surface area contributed by atoms with Crippen LogP contribution in [0.1, 0.15) is 11.1 Å². The zero-order valence-corrected chi connectivity index (χ0v) is 15.5. The number of oxazole rings is 1. The molecule has 1 heterocycles. The van der Waals surface area contributed by atoms with Crippen molar-refractivity contribution in [1.29, 1.82) is 0 Å². The lowest BCUT2D eigenvalue weighted by Gasteiger charge is -1.97. The van der Waals surface area contributed by atoms with Crippen LogP contribution in [0.4, 0.5) is 5.69 Å². The van der Waals surface area contributed by atoms with Gasteiger partial charge >= 0.3 is 0 Å². The average molecular weight is 373 g/mol. The smallest absolute Gasteiger partial charge is 0.227 e. The molecular weight excluding hydrogens is 356 g/mol. The molecule has 4 rings (SSSR count). The number of nitrogens with zero attached hydrogens (tertiary/aromatic N) is 2. The predicted octanol–water partition coefficient (Wildman–Crippen LogP) is 6.87. The van der Waals surface area contributed by atoms with Gasteiger partial charge in [-0.15, -0.1) is 0 Å². The molecule has 0 N–H and O–H groups in total. The van der Waals surface area contributed by atoms with Crippen molar-refractivity contribution >= 4 is 40.7 Å². The van der Waals surface area contributed by atoms with E-state index in [-0.39, 0.29) is 0 Å². The van der Waals surface area contributed by atoms with E-state index in [0.717, 1.165) is 38.5 Å². The summed E-state index contributed by atoms with van der Waals surface area (Å²) in [5.74, 6) is 0.597. The van der Waals surface area contributed by atoms with Crippen molar-refractivity contribution in [2.24, 2.45) is 4.99 Å². The van der Waals surface area contributed by atoms with Crippen molar-refractivity contribution in [2.75, 3.05) is 0 Å². The maximum absolute atomic E-state index is 6.14. The molecule has 3 aromatic carbocycles. The number of halogens is 1. The van der Waals surface area contributed by atoms with Crippen molar-refractivity contribution in [3.8, 4) is 11.5 Å². The Morgan fingerprint density at radius 2 is 1.89 bits per heavy atom. The second-order valence-corrected chi connectivity index (χ2v) is 6.61. The molecule has 0 saturated carbocycles. The van der Waals surface area contributed by atoms with Gasteiger partial charge in [-0.3, -0.25) is 4.99 Å². The van der Waals surface area contributed by atoms with Crippen LogP contribution in [0.3, 0.4) is 0 Å². The summed E-state index contributed by atoms with van der Waals surface area (Å²) in [6.07, 6.45) is 5.55. The fourth-order valence-electron chi connectivity index (χ4n) is 2.77. The lowest BCUT2D eigenvalue weighted by atomic mass is 10.2. The molecule has 0 saturated heterocycles. The molecule has 4 heteroatoms. The minimum Gasteiger partial charge on any atom is -0.436 e. The van der Waals surface area contributed by atoms with E-state index >= 15 is 0 Å². The Labute approximate surface area is 162 Å². The number of fused-ring (bicyclic) bond motifs is 1. The molecule has 1 aromatic heterocycles. The van der Waals surface area contributed by atoms with Crippen molar-refractivity contribution in [3.05, 3.63) is 89.0 Å². The number of aryl methyl sites for hydroxylation is 1. The zero-order valence-electron chi connectivity index (χ0n) is 14.8. The van der Waals surface area contributed by atoms with Crippen LogP contribution in [0.2, 0.25) is 5.02 Å². The van der Waals surface area contributed by atoms with E-state index in [2.05, 4.69) is 9.98 Å². The third-order valence-corrected chi connectivity index (χ3v) is 4.47. The monoisotopic (exact) mass is 372 g/mol. The van der Waals surface area contributed by atoms with E-state index in [9.17, 15) is 0 Å². The van der Waals surface area contributed by atoms with Gasteiger partial charge in [0.2, 0.25) is 5.89 Å². The summed E-state index contributed by atoms with van der Waals surface area (Å²) in [4.78, 5) is 9.06. The van der Waals surface area contributed by atoms with Crippen LogP contribution in [0.5, 0.6) is 0 Å². The number of allylic oxidation sites excluding steroid dienone is 1. The van der Waals surface area contributed by atoms with Crippen LogP contribution in [0.25, 0.3) is 28.6 Å². The van der Waals surface area contributed by atoms with Crippen LogP contribution in [-0.4, -0.2) is 11.2 Å². The number of hydrogen-bond donors (Lipinski definition) is 0. The Hall–Kier alpha value is -3.17. The summed E-state index contributed by atoms with van der Waals surface area (Å²) < 4.78 is 5.87. The number of hydrogen-bond acceptors (Lipinski definition) is 3. The molecule has 3 nitrogen and oxygen atoms in total. The number of aliphatic imine (C=N–C) groups is 1. The first-order valence-electron chi connectivity index (χ1n) is 8.62. The van der Waals surface area contributed by atoms with E-state index in [0.29, 0.717) is 5.89 Å². The maximum Gasteiger partial charge on any atom is 0.227 e. The second kappa shape index (κ2) is 7.60. The van der Waals surface area contributed by atoms with Gasteiger partial charge in [0.15, 0.2) is 5.58 Å². The van der Waals surface area contributed by atoms with Crippen molar-refractivity contribution in [1.82, 2.24) is 4.98 Å². The van der Waals surface area contributed by atoms with Crippen molar-refractivity contribution in [3.63, 3.8) is 0 Å². The zero-order chi connectivity index (χ0) is 18.6. The highest BCUT2D eigenvalue weighted by Gasteiger charge is 2.08. The van der Waals surface area contributed by atoms with Gasteiger partial charge in [0.25, 0.3) is 0 Å². The van der Waals surface area contributed by atoms with Gasteiger partial charge in [-0.05, 0) is 60.5 Å². The maximum atomic E-state index is 6.14. The van der Waals surface area contributed by atoms with Gasteiger partial charge in [0, 0.05) is 16.8 Å². The summed E-state index contributed by atoms with van der Waals surface area (Å²) in [5.41, 5.74) is 5.49. The molecule has 0 spiro atoms. The fourth-order valence-corrected chi connectivity index (χ4v) is 2.96. The van der Waals surface area contributed by atoms with Gasteiger partial charge in [-0.25, -0.2) is 4.98 Å². The highest BCUT2D eigenvalue weighted by atomic mass is 35.5. The van der Waals surface area contributed by atoms with Crippen molar-refractivity contribution in [2.45, 2.75) is 6.92 Å². The third-order valence-electron chi connectivity index (χ3n) is 4.13. The molecule has 0 aliphatic carbocycles. The quantitative estimate of drug-likeness (QED) is 0.366. The Kier molecular flexibility index (Phi) is 4.86. The van der Waals surface area contributed by atoms with Crippen molar-refractivity contribution < 1.29 is 4.42 Å². The summed E-state index contributed by atoms with van der Waals surface area (Å²) in [5, 5.41) is 0.718. The van der Waals surface area contributed by atoms with E-state index in [4.69, 9.17) is 16.0 Å².